The highest BCUT2D eigenvalue weighted by Gasteiger charge is 2.19. The van der Waals surface area contributed by atoms with Crippen molar-refractivity contribution in [1.29, 1.82) is 0 Å². The molecule has 3 aromatic carbocycles. The molecule has 1 amide bonds. The molecule has 8 nitrogen and oxygen atoms in total. The maximum absolute atomic E-state index is 13.0. The molecule has 1 aliphatic heterocycles. The molecule has 0 unspecified atom stereocenters. The molecule has 35 heavy (non-hydrogen) atoms. The van der Waals surface area contributed by atoms with Gasteiger partial charge in [-0.1, -0.05) is 53.8 Å². The number of carbonyl (C=O) groups excluding carboxylic acids is 3. The summed E-state index contributed by atoms with van der Waals surface area (Å²) >= 11 is 1.31. The third-order valence-corrected chi connectivity index (χ3v) is 6.61. The van der Waals surface area contributed by atoms with E-state index < -0.39 is 5.91 Å². The van der Waals surface area contributed by atoms with E-state index in [-0.39, 0.29) is 31.5 Å². The number of aromatic nitrogens is 1. The van der Waals surface area contributed by atoms with Crippen molar-refractivity contribution in [2.24, 2.45) is 4.99 Å². The number of amides is 1. The Hall–Kier alpha value is -4.24. The summed E-state index contributed by atoms with van der Waals surface area (Å²) in [6, 6.07) is 19.0. The molecule has 176 valence electrons. The fourth-order valence-corrected chi connectivity index (χ4v) is 4.80. The number of ether oxygens (including phenoxy) is 3. The third-order valence-electron chi connectivity index (χ3n) is 5.57. The van der Waals surface area contributed by atoms with Crippen LogP contribution >= 0.6 is 11.3 Å². The van der Waals surface area contributed by atoms with E-state index in [0.29, 0.717) is 33.0 Å². The second kappa shape index (κ2) is 9.55. The van der Waals surface area contributed by atoms with Crippen molar-refractivity contribution >= 4 is 39.2 Å². The number of methoxy groups -OCH3 is 1. The van der Waals surface area contributed by atoms with Crippen molar-refractivity contribution < 1.29 is 28.6 Å². The molecule has 0 spiro atoms. The van der Waals surface area contributed by atoms with Crippen molar-refractivity contribution in [2.75, 3.05) is 13.9 Å². The van der Waals surface area contributed by atoms with Crippen molar-refractivity contribution in [3.05, 3.63) is 88.2 Å². The van der Waals surface area contributed by atoms with Gasteiger partial charge >= 0.3 is 5.97 Å². The van der Waals surface area contributed by atoms with Gasteiger partial charge in [-0.2, -0.15) is 4.99 Å². The van der Waals surface area contributed by atoms with Crippen LogP contribution in [0.4, 0.5) is 0 Å². The van der Waals surface area contributed by atoms with E-state index in [1.807, 2.05) is 18.2 Å². The molecular weight excluding hydrogens is 468 g/mol. The Balaban J connectivity index is 1.48. The fraction of sp³-hybridized carbons (Fsp3) is 0.154. The molecule has 0 radical (unpaired) electrons. The first-order valence-corrected chi connectivity index (χ1v) is 11.6. The summed E-state index contributed by atoms with van der Waals surface area (Å²) in [5, 5.41) is 0. The van der Waals surface area contributed by atoms with Gasteiger partial charge in [0.15, 0.2) is 22.1 Å². The Morgan fingerprint density at radius 1 is 0.943 bits per heavy atom. The number of ketones is 1. The van der Waals surface area contributed by atoms with Gasteiger partial charge < -0.3 is 18.8 Å². The maximum atomic E-state index is 13.0. The molecule has 5 rings (SSSR count). The van der Waals surface area contributed by atoms with Gasteiger partial charge in [0.1, 0.15) is 0 Å². The smallest absolute Gasteiger partial charge is 0.307 e. The van der Waals surface area contributed by atoms with Gasteiger partial charge in [-0.25, -0.2) is 0 Å². The monoisotopic (exact) mass is 488 g/mol. The molecule has 0 saturated carbocycles. The van der Waals surface area contributed by atoms with Crippen LogP contribution in [0.1, 0.15) is 32.7 Å². The summed E-state index contributed by atoms with van der Waals surface area (Å²) in [5.41, 5.74) is 2.18. The highest BCUT2D eigenvalue weighted by atomic mass is 32.1. The van der Waals surface area contributed by atoms with Crippen LogP contribution in [0.25, 0.3) is 10.2 Å². The van der Waals surface area contributed by atoms with Crippen LogP contribution in [0, 0.1) is 0 Å². The van der Waals surface area contributed by atoms with Crippen LogP contribution in [0.5, 0.6) is 11.5 Å². The summed E-state index contributed by atoms with van der Waals surface area (Å²) in [6.45, 7) is 0.427. The molecule has 1 aromatic heterocycles. The van der Waals surface area contributed by atoms with E-state index in [0.717, 1.165) is 10.2 Å². The summed E-state index contributed by atoms with van der Waals surface area (Å²) in [7, 11) is 1.33. The lowest BCUT2D eigenvalue weighted by molar-refractivity contribution is -0.140. The summed E-state index contributed by atoms with van der Waals surface area (Å²) in [5.74, 6) is 0.272. The van der Waals surface area contributed by atoms with E-state index in [4.69, 9.17) is 14.2 Å². The van der Waals surface area contributed by atoms with Gasteiger partial charge in [0.25, 0.3) is 5.91 Å². The molecular formula is C26H20N2O6S. The second-order valence-corrected chi connectivity index (χ2v) is 8.73. The molecule has 0 N–H and O–H groups in total. The van der Waals surface area contributed by atoms with E-state index in [2.05, 4.69) is 4.99 Å². The van der Waals surface area contributed by atoms with Crippen LogP contribution in [0.3, 0.4) is 0 Å². The number of benzene rings is 3. The van der Waals surface area contributed by atoms with E-state index >= 15 is 0 Å². The molecule has 9 heteroatoms. The number of thiazole rings is 1. The van der Waals surface area contributed by atoms with Gasteiger partial charge in [-0.05, 0) is 12.1 Å². The lowest BCUT2D eigenvalue weighted by atomic mass is 10.0. The highest BCUT2D eigenvalue weighted by molar-refractivity contribution is 7.16. The first-order chi connectivity index (χ1) is 17.0. The first-order valence-electron chi connectivity index (χ1n) is 10.8. The number of rotatable bonds is 6. The number of hydrogen-bond acceptors (Lipinski definition) is 7. The number of esters is 1. The Labute approximate surface area is 204 Å². The Bertz CT molecular complexity index is 1500. The zero-order valence-electron chi connectivity index (χ0n) is 18.7. The SMILES string of the molecule is COC(=O)CCn1c(=NC(=O)c2ccc(C(=O)c3ccccc3)cc2)sc2cc3c(cc21)OCO3. The van der Waals surface area contributed by atoms with Crippen molar-refractivity contribution in [1.82, 2.24) is 4.57 Å². The third kappa shape index (κ3) is 4.58. The van der Waals surface area contributed by atoms with Crippen LogP contribution in [-0.4, -0.2) is 36.1 Å². The van der Waals surface area contributed by atoms with Crippen LogP contribution in [0.2, 0.25) is 0 Å². The van der Waals surface area contributed by atoms with Gasteiger partial charge in [-0.3, -0.25) is 14.4 Å². The van der Waals surface area contributed by atoms with Gasteiger partial charge in [0.05, 0.1) is 23.7 Å². The van der Waals surface area contributed by atoms with Gasteiger partial charge in [-0.15, -0.1) is 0 Å². The van der Waals surface area contributed by atoms with Crippen LogP contribution in [0.15, 0.2) is 71.7 Å². The minimum absolute atomic E-state index is 0.119. The molecule has 0 aliphatic carbocycles. The molecule has 0 atom stereocenters. The number of nitrogens with zero attached hydrogens (tertiary/aromatic N) is 2. The highest BCUT2D eigenvalue weighted by Crippen LogP contribution is 2.37. The van der Waals surface area contributed by atoms with Gasteiger partial charge in [0.2, 0.25) is 6.79 Å². The molecule has 0 bridgehead atoms. The van der Waals surface area contributed by atoms with Crippen molar-refractivity contribution in [3.8, 4) is 11.5 Å². The van der Waals surface area contributed by atoms with Crippen LogP contribution in [-0.2, 0) is 16.1 Å². The minimum atomic E-state index is -0.456. The number of fused-ring (bicyclic) bond motifs is 2. The molecule has 4 aromatic rings. The average molecular weight is 489 g/mol. The quantitative estimate of drug-likeness (QED) is 0.301. The minimum Gasteiger partial charge on any atom is -0.469 e. The van der Waals surface area contributed by atoms with Gasteiger partial charge in [0, 0.05) is 35.4 Å². The topological polar surface area (TPSA) is 96.2 Å². The van der Waals surface area contributed by atoms with E-state index in [9.17, 15) is 14.4 Å². The molecule has 2 heterocycles. The number of aryl methyl sites for hydroxylation is 1. The van der Waals surface area contributed by atoms with E-state index in [1.165, 1.54) is 18.4 Å². The molecule has 0 saturated heterocycles. The summed E-state index contributed by atoms with van der Waals surface area (Å²) in [6.07, 6.45) is 0.119. The normalized spacial score (nSPS) is 12.7. The Morgan fingerprint density at radius 2 is 1.60 bits per heavy atom. The Morgan fingerprint density at radius 3 is 2.31 bits per heavy atom. The average Bonchev–Trinajstić information content (AvgIpc) is 3.49. The number of hydrogen-bond donors (Lipinski definition) is 0. The molecule has 1 aliphatic rings. The van der Waals surface area contributed by atoms with Crippen LogP contribution < -0.4 is 14.3 Å². The van der Waals surface area contributed by atoms with Crippen molar-refractivity contribution in [3.63, 3.8) is 0 Å². The second-order valence-electron chi connectivity index (χ2n) is 7.73. The Kier molecular flexibility index (Phi) is 6.15. The lowest BCUT2D eigenvalue weighted by Crippen LogP contribution is -2.19. The predicted octanol–water partition coefficient (Wildman–Crippen LogP) is 3.97. The summed E-state index contributed by atoms with van der Waals surface area (Å²) in [4.78, 5) is 42.2. The lowest BCUT2D eigenvalue weighted by Gasteiger charge is -2.05. The zero-order valence-corrected chi connectivity index (χ0v) is 19.5. The zero-order chi connectivity index (χ0) is 24.4. The maximum Gasteiger partial charge on any atom is 0.307 e. The fourth-order valence-electron chi connectivity index (χ4n) is 3.74. The van der Waals surface area contributed by atoms with E-state index in [1.54, 1.807) is 53.1 Å². The van der Waals surface area contributed by atoms with Crippen molar-refractivity contribution in [2.45, 2.75) is 13.0 Å². The standard InChI is InChI=1S/C26H20N2O6S/c1-32-23(29)11-12-28-19-13-20-21(34-15-33-20)14-22(19)35-26(28)27-25(31)18-9-7-17(8-10-18)24(30)16-5-3-2-4-6-16/h2-10,13-14H,11-12,15H2,1H3. The predicted molar refractivity (Wildman–Crippen MR) is 129 cm³/mol. The number of carbonyl (C=O) groups is 3. The molecule has 0 fully saturated rings. The first kappa shape index (κ1) is 22.5. The summed E-state index contributed by atoms with van der Waals surface area (Å²) < 4.78 is 18.3. The largest absolute Gasteiger partial charge is 0.469 e.